The van der Waals surface area contributed by atoms with Crippen molar-refractivity contribution < 1.29 is 22.7 Å². The molecule has 1 aliphatic carbocycles. The van der Waals surface area contributed by atoms with Crippen LogP contribution in [0.15, 0.2) is 23.5 Å². The van der Waals surface area contributed by atoms with Crippen LogP contribution in [0.1, 0.15) is 18.5 Å². The van der Waals surface area contributed by atoms with Gasteiger partial charge in [0.2, 0.25) is 18.0 Å². The summed E-state index contributed by atoms with van der Waals surface area (Å²) in [4.78, 5) is 17.1. The van der Waals surface area contributed by atoms with Crippen LogP contribution in [0.2, 0.25) is 0 Å². The first-order valence-corrected chi connectivity index (χ1v) is 7.32. The Bertz CT molecular complexity index is 697. The Kier molecular flexibility index (Phi) is 3.98. The van der Waals surface area contributed by atoms with E-state index in [1.54, 1.807) is 11.1 Å². The van der Waals surface area contributed by atoms with E-state index in [1.807, 2.05) is 0 Å². The van der Waals surface area contributed by atoms with Crippen molar-refractivity contribution in [3.63, 3.8) is 0 Å². The number of aromatic nitrogens is 2. The number of alkyl halides is 3. The molecule has 0 aromatic carbocycles. The average Bonchev–Trinajstić information content (AvgIpc) is 2.80. The maximum atomic E-state index is 12.7. The smallest absolute Gasteiger partial charge is 0.435 e. The summed E-state index contributed by atoms with van der Waals surface area (Å²) in [5, 5.41) is 3.41. The Balaban J connectivity index is 1.78. The second-order valence-corrected chi connectivity index (χ2v) is 5.69. The van der Waals surface area contributed by atoms with E-state index in [1.165, 1.54) is 19.5 Å². The highest BCUT2D eigenvalue weighted by molar-refractivity contribution is 5.78. The minimum Gasteiger partial charge on any atom is -0.448 e. The van der Waals surface area contributed by atoms with Gasteiger partial charge in [-0.2, -0.15) is 18.3 Å². The van der Waals surface area contributed by atoms with Gasteiger partial charge in [0, 0.05) is 31.6 Å². The van der Waals surface area contributed by atoms with Gasteiger partial charge in [0.05, 0.1) is 12.1 Å². The minimum atomic E-state index is -4.55. The Morgan fingerprint density at radius 2 is 2.17 bits per heavy atom. The molecule has 1 aromatic heterocycles. The fourth-order valence-electron chi connectivity index (χ4n) is 2.78. The number of carbonyl (C=O) groups is 1. The molecule has 130 valence electrons. The van der Waals surface area contributed by atoms with E-state index in [9.17, 15) is 18.0 Å². The number of ether oxygens (including phenoxy) is 1. The topological polar surface area (TPSA) is 85.7 Å². The molecule has 0 spiro atoms. The van der Waals surface area contributed by atoms with Gasteiger partial charge in [0.1, 0.15) is 0 Å². The molecule has 1 aliphatic heterocycles. The summed E-state index contributed by atoms with van der Waals surface area (Å²) in [6.45, 7) is 0. The van der Waals surface area contributed by atoms with Crippen LogP contribution in [-0.4, -0.2) is 39.1 Å². The van der Waals surface area contributed by atoms with Gasteiger partial charge in [0.15, 0.2) is 5.69 Å². The van der Waals surface area contributed by atoms with E-state index < -0.39 is 24.0 Å². The molecule has 24 heavy (non-hydrogen) atoms. The summed E-state index contributed by atoms with van der Waals surface area (Å²) in [6, 6.07) is 0.669. The summed E-state index contributed by atoms with van der Waals surface area (Å²) >= 11 is 0. The molecule has 10 heteroatoms. The highest BCUT2D eigenvalue weighted by Crippen LogP contribution is 2.35. The van der Waals surface area contributed by atoms with E-state index in [2.05, 4.69) is 10.1 Å². The van der Waals surface area contributed by atoms with Crippen molar-refractivity contribution in [2.45, 2.75) is 31.3 Å². The van der Waals surface area contributed by atoms with Gasteiger partial charge >= 0.3 is 6.18 Å². The first-order chi connectivity index (χ1) is 11.3. The SMILES string of the molecule is Cn1nc(C(F)(F)F)cc1OC1C=NC=CN1C1CCC1C(N)=O. The summed E-state index contributed by atoms with van der Waals surface area (Å²) < 4.78 is 44.9. The number of nitrogens with two attached hydrogens (primary N) is 1. The molecule has 2 heterocycles. The van der Waals surface area contributed by atoms with E-state index in [0.29, 0.717) is 6.42 Å². The first kappa shape index (κ1) is 16.3. The van der Waals surface area contributed by atoms with Crippen LogP contribution in [0.4, 0.5) is 13.2 Å². The zero-order valence-corrected chi connectivity index (χ0v) is 12.8. The van der Waals surface area contributed by atoms with Gasteiger partial charge in [-0.25, -0.2) is 4.68 Å². The average molecular weight is 343 g/mol. The number of rotatable bonds is 4. The zero-order valence-electron chi connectivity index (χ0n) is 12.8. The lowest BCUT2D eigenvalue weighted by atomic mass is 9.78. The van der Waals surface area contributed by atoms with Crippen LogP contribution in [0.25, 0.3) is 0 Å². The van der Waals surface area contributed by atoms with Crippen molar-refractivity contribution in [1.29, 1.82) is 0 Å². The lowest BCUT2D eigenvalue weighted by Gasteiger charge is -2.45. The van der Waals surface area contributed by atoms with Gasteiger partial charge in [-0.05, 0) is 12.8 Å². The van der Waals surface area contributed by atoms with E-state index in [-0.39, 0.29) is 17.8 Å². The number of hydrogen-bond donors (Lipinski definition) is 1. The third-order valence-electron chi connectivity index (χ3n) is 4.19. The second-order valence-electron chi connectivity index (χ2n) is 5.69. The molecule has 2 N–H and O–H groups in total. The zero-order chi connectivity index (χ0) is 17.5. The van der Waals surface area contributed by atoms with Gasteiger partial charge in [-0.1, -0.05) is 0 Å². The molecule has 3 atom stereocenters. The van der Waals surface area contributed by atoms with Crippen molar-refractivity contribution in [2.24, 2.45) is 23.7 Å². The molecule has 0 bridgehead atoms. The fourth-order valence-corrected chi connectivity index (χ4v) is 2.78. The van der Waals surface area contributed by atoms with Crippen molar-refractivity contribution in [3.8, 4) is 5.88 Å². The van der Waals surface area contributed by atoms with Crippen LogP contribution in [0.3, 0.4) is 0 Å². The lowest BCUT2D eigenvalue weighted by Crippen LogP contribution is -2.55. The first-order valence-electron chi connectivity index (χ1n) is 7.32. The maximum absolute atomic E-state index is 12.7. The maximum Gasteiger partial charge on any atom is 0.435 e. The molecule has 1 saturated carbocycles. The third-order valence-corrected chi connectivity index (χ3v) is 4.19. The van der Waals surface area contributed by atoms with Crippen LogP contribution in [0.5, 0.6) is 5.88 Å². The minimum absolute atomic E-state index is 0.0472. The molecule has 7 nitrogen and oxygen atoms in total. The Hall–Kier alpha value is -2.52. The number of amides is 1. The van der Waals surface area contributed by atoms with Crippen LogP contribution >= 0.6 is 0 Å². The predicted molar refractivity (Wildman–Crippen MR) is 77.8 cm³/mol. The van der Waals surface area contributed by atoms with Crippen molar-refractivity contribution in [3.05, 3.63) is 24.2 Å². The molecule has 3 rings (SSSR count). The molecule has 1 aromatic rings. The number of halogens is 3. The highest BCUT2D eigenvalue weighted by atomic mass is 19.4. The lowest BCUT2D eigenvalue weighted by molar-refractivity contribution is -0.141. The molecule has 1 amide bonds. The van der Waals surface area contributed by atoms with E-state index in [4.69, 9.17) is 10.5 Å². The Labute approximate surface area is 135 Å². The monoisotopic (exact) mass is 343 g/mol. The molecule has 0 saturated heterocycles. The molecular weight excluding hydrogens is 327 g/mol. The number of carbonyl (C=O) groups excluding carboxylic acids is 1. The molecule has 2 aliphatic rings. The van der Waals surface area contributed by atoms with Crippen molar-refractivity contribution in [1.82, 2.24) is 14.7 Å². The van der Waals surface area contributed by atoms with Crippen LogP contribution in [-0.2, 0) is 18.0 Å². The number of nitrogens with zero attached hydrogens (tertiary/aromatic N) is 4. The van der Waals surface area contributed by atoms with Gasteiger partial charge in [-0.15, -0.1) is 0 Å². The predicted octanol–water partition coefficient (Wildman–Crippen LogP) is 1.27. The van der Waals surface area contributed by atoms with Gasteiger partial charge < -0.3 is 15.4 Å². The van der Waals surface area contributed by atoms with Crippen molar-refractivity contribution in [2.75, 3.05) is 0 Å². The van der Waals surface area contributed by atoms with Crippen LogP contribution in [0, 0.1) is 5.92 Å². The summed E-state index contributed by atoms with van der Waals surface area (Å²) in [7, 11) is 1.36. The van der Waals surface area contributed by atoms with E-state index >= 15 is 0 Å². The Morgan fingerprint density at radius 3 is 2.71 bits per heavy atom. The second kappa shape index (κ2) is 5.84. The van der Waals surface area contributed by atoms with E-state index in [0.717, 1.165) is 17.2 Å². The molecule has 3 unspecified atom stereocenters. The normalized spacial score (nSPS) is 26.3. The number of primary amides is 1. The third kappa shape index (κ3) is 2.95. The number of aryl methyl sites for hydroxylation is 1. The summed E-state index contributed by atoms with van der Waals surface area (Å²) in [5.74, 6) is -0.764. The number of hydrogen-bond acceptors (Lipinski definition) is 5. The van der Waals surface area contributed by atoms with Crippen LogP contribution < -0.4 is 10.5 Å². The largest absolute Gasteiger partial charge is 0.448 e. The van der Waals surface area contributed by atoms with Gasteiger partial charge in [0.25, 0.3) is 0 Å². The quantitative estimate of drug-likeness (QED) is 0.892. The van der Waals surface area contributed by atoms with Crippen molar-refractivity contribution >= 4 is 12.1 Å². The molecule has 1 fully saturated rings. The number of aliphatic imine (C=N–C) groups is 1. The Morgan fingerprint density at radius 1 is 1.42 bits per heavy atom. The standard InChI is InChI=1S/C14H16F3N5O2/c1-21-11(6-10(20-21)14(15,16)17)24-12-7-19-4-5-22(12)9-3-2-8(9)13(18)23/h4-9,12H,2-3H2,1H3,(H2,18,23). The molecule has 0 radical (unpaired) electrons. The summed E-state index contributed by atoms with van der Waals surface area (Å²) in [5.41, 5.74) is 4.33. The van der Waals surface area contributed by atoms with Gasteiger partial charge in [-0.3, -0.25) is 9.79 Å². The fraction of sp³-hybridized carbons (Fsp3) is 0.500. The molecular formula is C14H16F3N5O2. The highest BCUT2D eigenvalue weighted by Gasteiger charge is 2.42. The summed E-state index contributed by atoms with van der Waals surface area (Å²) in [6.07, 6.45) is 0.759.